The molecule has 124 valence electrons. The van der Waals surface area contributed by atoms with Gasteiger partial charge in [-0.3, -0.25) is 10.1 Å². The Kier molecular flexibility index (Phi) is 4.89. The predicted molar refractivity (Wildman–Crippen MR) is 80.9 cm³/mol. The number of nitro groups is 1. The van der Waals surface area contributed by atoms with E-state index in [0.29, 0.717) is 12.1 Å². The molecule has 4 nitrogen and oxygen atoms in total. The van der Waals surface area contributed by atoms with E-state index in [1.54, 1.807) is 0 Å². The Hall–Kier alpha value is -1.28. The number of nitro benzene ring substituents is 1. The third-order valence-electron chi connectivity index (χ3n) is 3.71. The Balaban J connectivity index is 3.47. The maximum absolute atomic E-state index is 12.8. The number of rotatable bonds is 3. The highest BCUT2D eigenvalue weighted by Crippen LogP contribution is 2.45. The van der Waals surface area contributed by atoms with Gasteiger partial charge >= 0.3 is 11.9 Å². The van der Waals surface area contributed by atoms with E-state index in [2.05, 4.69) is 0 Å². The zero-order valence-electron chi connectivity index (χ0n) is 12.8. The second-order valence-electron chi connectivity index (χ2n) is 6.42. The van der Waals surface area contributed by atoms with Crippen LogP contribution in [0.25, 0.3) is 0 Å². The van der Waals surface area contributed by atoms with E-state index in [-0.39, 0.29) is 10.8 Å². The van der Waals surface area contributed by atoms with Gasteiger partial charge in [-0.25, -0.2) is 0 Å². The van der Waals surface area contributed by atoms with Crippen molar-refractivity contribution in [2.24, 2.45) is 0 Å². The molecule has 0 aliphatic carbocycles. The monoisotopic (exact) mass is 355 g/mol. The van der Waals surface area contributed by atoms with Crippen LogP contribution in [0.15, 0.2) is 12.1 Å². The van der Waals surface area contributed by atoms with Crippen molar-refractivity contribution in [1.82, 2.24) is 0 Å². The number of hydrogen-bond donors (Lipinski definition) is 0. The fourth-order valence-corrected chi connectivity index (χ4v) is 2.74. The molecule has 0 aliphatic rings. The average molecular weight is 356 g/mol. The lowest BCUT2D eigenvalue weighted by Crippen LogP contribution is -2.44. The fourth-order valence-electron chi connectivity index (χ4n) is 1.39. The van der Waals surface area contributed by atoms with Gasteiger partial charge in [0.05, 0.1) is 15.5 Å². The highest BCUT2D eigenvalue weighted by Gasteiger charge is 2.42. The normalized spacial score (nSPS) is 13.1. The molecular weight excluding hydrogens is 339 g/mol. The van der Waals surface area contributed by atoms with E-state index in [4.69, 9.17) is 16.0 Å². The highest BCUT2D eigenvalue weighted by molar-refractivity contribution is 6.74. The molecule has 0 amide bonds. The SMILES string of the molecule is CC(C)(C)[Si](C)(C)Oc1c(Cl)cc(C(F)(F)F)cc1[N+](=O)[O-]. The standard InChI is InChI=1S/C13H17ClF3NO3Si/c1-12(2,3)22(4,5)21-11-9(14)6-8(13(15,16)17)7-10(11)18(19)20/h6-7H,1-5H3. The van der Waals surface area contributed by atoms with Gasteiger partial charge in [0, 0.05) is 6.07 Å². The van der Waals surface area contributed by atoms with Gasteiger partial charge < -0.3 is 4.43 Å². The summed E-state index contributed by atoms with van der Waals surface area (Å²) in [5.41, 5.74) is -1.95. The summed E-state index contributed by atoms with van der Waals surface area (Å²) in [6, 6.07) is 1.10. The third kappa shape index (κ3) is 3.92. The van der Waals surface area contributed by atoms with Crippen molar-refractivity contribution in [3.63, 3.8) is 0 Å². The quantitative estimate of drug-likeness (QED) is 0.400. The molecule has 0 unspecified atom stereocenters. The second kappa shape index (κ2) is 5.73. The van der Waals surface area contributed by atoms with Gasteiger partial charge in [-0.15, -0.1) is 0 Å². The van der Waals surface area contributed by atoms with Gasteiger partial charge in [0.2, 0.25) is 5.75 Å². The summed E-state index contributed by atoms with van der Waals surface area (Å²) in [5.74, 6) is -0.300. The van der Waals surface area contributed by atoms with Crippen LogP contribution in [-0.2, 0) is 6.18 Å². The summed E-state index contributed by atoms with van der Waals surface area (Å²) in [7, 11) is -2.49. The number of alkyl halides is 3. The van der Waals surface area contributed by atoms with Crippen LogP contribution in [0.4, 0.5) is 18.9 Å². The summed E-state index contributed by atoms with van der Waals surface area (Å²) in [6.45, 7) is 9.37. The first-order chi connectivity index (χ1) is 9.67. The number of nitrogens with zero attached hydrogens (tertiary/aromatic N) is 1. The van der Waals surface area contributed by atoms with Gasteiger partial charge in [-0.05, 0) is 24.2 Å². The molecule has 0 saturated heterocycles. The van der Waals surface area contributed by atoms with Crippen LogP contribution >= 0.6 is 11.6 Å². The van der Waals surface area contributed by atoms with Crippen LogP contribution in [0.5, 0.6) is 5.75 Å². The van der Waals surface area contributed by atoms with Crippen molar-refractivity contribution < 1.29 is 22.5 Å². The number of benzene rings is 1. The van der Waals surface area contributed by atoms with Gasteiger partial charge in [-0.2, -0.15) is 13.2 Å². The lowest BCUT2D eigenvalue weighted by atomic mass is 10.2. The zero-order valence-corrected chi connectivity index (χ0v) is 14.6. The van der Waals surface area contributed by atoms with E-state index >= 15 is 0 Å². The molecule has 22 heavy (non-hydrogen) atoms. The maximum Gasteiger partial charge on any atom is 0.416 e. The summed E-state index contributed by atoms with van der Waals surface area (Å²) in [6.07, 6.45) is -4.72. The van der Waals surface area contributed by atoms with E-state index < -0.39 is 35.7 Å². The first kappa shape index (κ1) is 18.8. The molecule has 0 radical (unpaired) electrons. The minimum absolute atomic E-state index is 0.285. The van der Waals surface area contributed by atoms with E-state index in [9.17, 15) is 23.3 Å². The maximum atomic E-state index is 12.8. The molecule has 1 rings (SSSR count). The Morgan fingerprint density at radius 1 is 1.23 bits per heavy atom. The molecule has 0 saturated carbocycles. The van der Waals surface area contributed by atoms with Crippen LogP contribution < -0.4 is 4.43 Å². The summed E-state index contributed by atoms with van der Waals surface area (Å²) < 4.78 is 44.0. The molecule has 0 heterocycles. The Morgan fingerprint density at radius 2 is 1.73 bits per heavy atom. The molecule has 0 spiro atoms. The van der Waals surface area contributed by atoms with E-state index in [1.807, 2.05) is 33.9 Å². The topological polar surface area (TPSA) is 52.4 Å². The van der Waals surface area contributed by atoms with Crippen molar-refractivity contribution >= 4 is 25.6 Å². The highest BCUT2D eigenvalue weighted by atomic mass is 35.5. The van der Waals surface area contributed by atoms with Gasteiger partial charge in [0.1, 0.15) is 0 Å². The van der Waals surface area contributed by atoms with Crippen LogP contribution in [0.3, 0.4) is 0 Å². The Bertz CT molecular complexity index is 597. The van der Waals surface area contributed by atoms with Crippen molar-refractivity contribution in [2.75, 3.05) is 0 Å². The minimum Gasteiger partial charge on any atom is -0.538 e. The van der Waals surface area contributed by atoms with Gasteiger partial charge in [0.15, 0.2) is 0 Å². The van der Waals surface area contributed by atoms with E-state index in [1.165, 1.54) is 0 Å². The van der Waals surface area contributed by atoms with Crippen molar-refractivity contribution in [3.05, 3.63) is 32.8 Å². The lowest BCUT2D eigenvalue weighted by molar-refractivity contribution is -0.385. The molecule has 1 aromatic carbocycles. The van der Waals surface area contributed by atoms with Crippen molar-refractivity contribution in [2.45, 2.75) is 45.1 Å². The second-order valence-corrected chi connectivity index (χ2v) is 11.6. The first-order valence-corrected chi connectivity index (χ1v) is 9.69. The smallest absolute Gasteiger partial charge is 0.416 e. The predicted octanol–water partition coefficient (Wildman–Crippen LogP) is 5.65. The Morgan fingerprint density at radius 3 is 2.09 bits per heavy atom. The van der Waals surface area contributed by atoms with Crippen LogP contribution in [-0.4, -0.2) is 13.2 Å². The zero-order chi connectivity index (χ0) is 17.5. The van der Waals surface area contributed by atoms with E-state index in [0.717, 1.165) is 0 Å². The molecule has 0 aliphatic heterocycles. The molecule has 9 heteroatoms. The molecule has 0 bridgehead atoms. The summed E-state index contributed by atoms with van der Waals surface area (Å²) in [5, 5.41) is 10.4. The molecule has 0 aromatic heterocycles. The summed E-state index contributed by atoms with van der Waals surface area (Å²) >= 11 is 5.83. The fraction of sp³-hybridized carbons (Fsp3) is 0.538. The molecule has 1 aromatic rings. The molecule has 0 atom stereocenters. The van der Waals surface area contributed by atoms with Crippen molar-refractivity contribution in [1.29, 1.82) is 0 Å². The molecule has 0 fully saturated rings. The Labute approximate surface area is 132 Å². The molecular formula is C13H17ClF3NO3Si. The minimum atomic E-state index is -4.72. The third-order valence-corrected chi connectivity index (χ3v) is 8.32. The van der Waals surface area contributed by atoms with Gasteiger partial charge in [0.25, 0.3) is 8.32 Å². The molecule has 0 N–H and O–H groups in total. The van der Waals surface area contributed by atoms with Gasteiger partial charge in [-0.1, -0.05) is 32.4 Å². The first-order valence-electron chi connectivity index (χ1n) is 6.41. The van der Waals surface area contributed by atoms with Crippen LogP contribution in [0.1, 0.15) is 26.3 Å². The number of hydrogen-bond acceptors (Lipinski definition) is 3. The number of halogens is 4. The van der Waals surface area contributed by atoms with Crippen molar-refractivity contribution in [3.8, 4) is 5.75 Å². The largest absolute Gasteiger partial charge is 0.538 e. The average Bonchev–Trinajstić information content (AvgIpc) is 2.27. The van der Waals surface area contributed by atoms with Crippen LogP contribution in [0, 0.1) is 10.1 Å². The summed E-state index contributed by atoms with van der Waals surface area (Å²) in [4.78, 5) is 10.2. The lowest BCUT2D eigenvalue weighted by Gasteiger charge is -2.36. The van der Waals surface area contributed by atoms with Crippen LogP contribution in [0.2, 0.25) is 23.2 Å².